The van der Waals surface area contributed by atoms with Crippen molar-refractivity contribution in [2.45, 2.75) is 45.3 Å². The lowest BCUT2D eigenvalue weighted by Gasteiger charge is -2.30. The molecule has 0 spiro atoms. The van der Waals surface area contributed by atoms with Gasteiger partial charge >= 0.3 is 0 Å². The molecule has 158 valence electrons. The number of rotatable bonds is 5. The molecule has 31 heavy (non-hydrogen) atoms. The van der Waals surface area contributed by atoms with Crippen molar-refractivity contribution in [1.29, 1.82) is 0 Å². The average Bonchev–Trinajstić information content (AvgIpc) is 3.44. The highest BCUT2D eigenvalue weighted by Crippen LogP contribution is 2.32. The summed E-state index contributed by atoms with van der Waals surface area (Å²) in [6, 6.07) is 16.3. The number of nitrogens with one attached hydrogen (secondary N) is 1. The van der Waals surface area contributed by atoms with E-state index in [9.17, 15) is 4.79 Å². The van der Waals surface area contributed by atoms with Crippen LogP contribution in [0.5, 0.6) is 0 Å². The normalized spacial score (nSPS) is 20.4. The Bertz CT molecular complexity index is 1120. The Morgan fingerprint density at radius 3 is 2.71 bits per heavy atom. The van der Waals surface area contributed by atoms with Crippen molar-refractivity contribution < 1.29 is 9.32 Å². The summed E-state index contributed by atoms with van der Waals surface area (Å²) in [5.74, 6) is 0.982. The number of hydrogen-bond donors (Lipinski definition) is 1. The zero-order valence-corrected chi connectivity index (χ0v) is 17.7. The number of carbonyl (C=O) groups is 1. The molecule has 7 heteroatoms. The minimum Gasteiger partial charge on any atom is -0.337 e. The number of amides is 1. The van der Waals surface area contributed by atoms with Gasteiger partial charge in [0.15, 0.2) is 0 Å². The first-order valence-electron chi connectivity index (χ1n) is 10.6. The van der Waals surface area contributed by atoms with Crippen LogP contribution in [0.1, 0.15) is 42.0 Å². The fourth-order valence-corrected chi connectivity index (χ4v) is 4.22. The predicted octanol–water partition coefficient (Wildman–Crippen LogP) is 3.74. The fourth-order valence-electron chi connectivity index (χ4n) is 4.22. The van der Waals surface area contributed by atoms with Crippen molar-refractivity contribution in [3.63, 3.8) is 0 Å². The third-order valence-electron chi connectivity index (χ3n) is 6.03. The third-order valence-corrected chi connectivity index (χ3v) is 6.03. The van der Waals surface area contributed by atoms with Gasteiger partial charge in [0, 0.05) is 18.0 Å². The molecule has 2 atom stereocenters. The van der Waals surface area contributed by atoms with Gasteiger partial charge in [-0.05, 0) is 36.5 Å². The predicted molar refractivity (Wildman–Crippen MR) is 116 cm³/mol. The van der Waals surface area contributed by atoms with Crippen molar-refractivity contribution >= 4 is 5.91 Å². The van der Waals surface area contributed by atoms with Crippen molar-refractivity contribution in [2.75, 3.05) is 0 Å². The number of fused-ring (bicyclic) bond motifs is 1. The van der Waals surface area contributed by atoms with E-state index in [0.29, 0.717) is 18.1 Å². The molecule has 1 saturated heterocycles. The number of nitrogens with zero attached hydrogens (tertiary/aromatic N) is 4. The van der Waals surface area contributed by atoms with Crippen LogP contribution in [-0.2, 0) is 17.8 Å². The molecule has 1 aromatic heterocycles. The SMILES string of the molecule is CCc1ccc(-c2noc(CN3C=CN4NC(c5ccccc5C)CC4C3=O)n2)cc1. The third kappa shape index (κ3) is 3.72. The maximum absolute atomic E-state index is 13.1. The summed E-state index contributed by atoms with van der Waals surface area (Å²) in [7, 11) is 0. The molecule has 1 fully saturated rings. The van der Waals surface area contributed by atoms with Crippen LogP contribution in [0.15, 0.2) is 65.5 Å². The van der Waals surface area contributed by atoms with Gasteiger partial charge in [-0.25, -0.2) is 5.43 Å². The summed E-state index contributed by atoms with van der Waals surface area (Å²) in [5.41, 5.74) is 8.05. The van der Waals surface area contributed by atoms with Crippen LogP contribution < -0.4 is 5.43 Å². The highest BCUT2D eigenvalue weighted by molar-refractivity contribution is 5.84. The van der Waals surface area contributed by atoms with Crippen LogP contribution in [0.3, 0.4) is 0 Å². The van der Waals surface area contributed by atoms with E-state index in [4.69, 9.17) is 4.52 Å². The van der Waals surface area contributed by atoms with E-state index >= 15 is 0 Å². The number of benzene rings is 2. The number of hydrazine groups is 1. The van der Waals surface area contributed by atoms with Crippen LogP contribution >= 0.6 is 0 Å². The summed E-state index contributed by atoms with van der Waals surface area (Å²) in [5, 5.41) is 6.00. The van der Waals surface area contributed by atoms with Crippen molar-refractivity contribution in [3.8, 4) is 11.4 Å². The monoisotopic (exact) mass is 415 g/mol. The Labute approximate surface area is 181 Å². The minimum atomic E-state index is -0.251. The lowest BCUT2D eigenvalue weighted by atomic mass is 9.97. The van der Waals surface area contributed by atoms with Gasteiger partial charge in [-0.3, -0.25) is 4.79 Å². The largest absolute Gasteiger partial charge is 0.337 e. The van der Waals surface area contributed by atoms with Gasteiger partial charge in [-0.1, -0.05) is 60.6 Å². The van der Waals surface area contributed by atoms with Crippen molar-refractivity contribution in [2.24, 2.45) is 0 Å². The van der Waals surface area contributed by atoms with Crippen LogP contribution in [-0.4, -0.2) is 32.0 Å². The van der Waals surface area contributed by atoms with Crippen LogP contribution in [0.2, 0.25) is 0 Å². The van der Waals surface area contributed by atoms with E-state index in [-0.39, 0.29) is 24.5 Å². The van der Waals surface area contributed by atoms with E-state index in [1.807, 2.05) is 35.5 Å². The maximum Gasteiger partial charge on any atom is 0.251 e. The molecule has 0 saturated carbocycles. The average molecular weight is 415 g/mol. The first-order chi connectivity index (χ1) is 15.1. The highest BCUT2D eigenvalue weighted by atomic mass is 16.5. The fraction of sp³-hybridized carbons (Fsp3) is 0.292. The molecule has 2 aliphatic rings. The molecule has 0 radical (unpaired) electrons. The molecule has 2 unspecified atom stereocenters. The van der Waals surface area contributed by atoms with E-state index in [0.717, 1.165) is 12.0 Å². The van der Waals surface area contributed by atoms with Crippen molar-refractivity contribution in [3.05, 3.63) is 83.5 Å². The molecule has 0 aliphatic carbocycles. The Kier molecular flexibility index (Phi) is 5.03. The highest BCUT2D eigenvalue weighted by Gasteiger charge is 2.40. The van der Waals surface area contributed by atoms with Gasteiger partial charge in [-0.2, -0.15) is 4.98 Å². The lowest BCUT2D eigenvalue weighted by molar-refractivity contribution is -0.135. The molecule has 0 bridgehead atoms. The molecule has 1 amide bonds. The summed E-state index contributed by atoms with van der Waals surface area (Å²) < 4.78 is 5.43. The van der Waals surface area contributed by atoms with E-state index in [2.05, 4.69) is 53.7 Å². The summed E-state index contributed by atoms with van der Waals surface area (Å²) in [4.78, 5) is 19.3. The molecule has 1 N–H and O–H groups in total. The zero-order chi connectivity index (χ0) is 21.4. The van der Waals surface area contributed by atoms with Gasteiger partial charge in [0.2, 0.25) is 11.7 Å². The van der Waals surface area contributed by atoms with Crippen molar-refractivity contribution in [1.82, 2.24) is 25.5 Å². The quantitative estimate of drug-likeness (QED) is 0.684. The second-order valence-electron chi connectivity index (χ2n) is 8.02. The topological polar surface area (TPSA) is 74.5 Å². The maximum atomic E-state index is 13.1. The standard InChI is InChI=1S/C24H25N5O2/c1-3-17-8-10-18(11-9-17)23-25-22(31-27-23)15-28-12-13-29-21(24(28)30)14-20(26-29)19-7-5-4-6-16(19)2/h4-13,20-21,26H,3,14-15H2,1-2H3. The molecule has 5 rings (SSSR count). The molecule has 3 aromatic rings. The molecule has 3 heterocycles. The van der Waals surface area contributed by atoms with Gasteiger partial charge in [-0.15, -0.1) is 0 Å². The lowest BCUT2D eigenvalue weighted by Crippen LogP contribution is -2.47. The number of aromatic nitrogens is 2. The smallest absolute Gasteiger partial charge is 0.251 e. The molecule has 2 aromatic carbocycles. The molecule has 2 aliphatic heterocycles. The summed E-state index contributed by atoms with van der Waals surface area (Å²) in [6.07, 6.45) is 5.37. The molecule has 7 nitrogen and oxygen atoms in total. The summed E-state index contributed by atoms with van der Waals surface area (Å²) in [6.45, 7) is 4.48. The van der Waals surface area contributed by atoms with Crippen LogP contribution in [0.4, 0.5) is 0 Å². The van der Waals surface area contributed by atoms with E-state index in [1.165, 1.54) is 16.7 Å². The molecular weight excluding hydrogens is 390 g/mol. The Balaban J connectivity index is 1.28. The Hall–Kier alpha value is -3.45. The Morgan fingerprint density at radius 1 is 1.13 bits per heavy atom. The number of hydrogen-bond acceptors (Lipinski definition) is 6. The van der Waals surface area contributed by atoms with Gasteiger partial charge < -0.3 is 14.4 Å². The second kappa shape index (κ2) is 8.00. The molecular formula is C24H25N5O2. The first kappa shape index (κ1) is 19.5. The number of carbonyl (C=O) groups excluding carboxylic acids is 1. The van der Waals surface area contributed by atoms with Gasteiger partial charge in [0.1, 0.15) is 12.6 Å². The second-order valence-corrected chi connectivity index (χ2v) is 8.02. The van der Waals surface area contributed by atoms with Crippen LogP contribution in [0.25, 0.3) is 11.4 Å². The van der Waals surface area contributed by atoms with Crippen LogP contribution in [0, 0.1) is 6.92 Å². The zero-order valence-electron chi connectivity index (χ0n) is 17.7. The first-order valence-corrected chi connectivity index (χ1v) is 10.6. The van der Waals surface area contributed by atoms with E-state index < -0.39 is 0 Å². The minimum absolute atomic E-state index is 0.0260. The van der Waals surface area contributed by atoms with Gasteiger partial charge in [0.05, 0.1) is 6.04 Å². The Morgan fingerprint density at radius 2 is 1.94 bits per heavy atom. The van der Waals surface area contributed by atoms with Gasteiger partial charge in [0.25, 0.3) is 5.91 Å². The van der Waals surface area contributed by atoms with E-state index in [1.54, 1.807) is 11.1 Å². The summed E-state index contributed by atoms with van der Waals surface area (Å²) >= 11 is 0. The number of aryl methyl sites for hydroxylation is 2.